The topological polar surface area (TPSA) is 21.3 Å². The third-order valence-corrected chi connectivity index (χ3v) is 1.64. The van der Waals surface area contributed by atoms with E-state index in [-0.39, 0.29) is 6.54 Å². The molecule has 0 atom stereocenters. The van der Waals surface area contributed by atoms with Crippen molar-refractivity contribution in [3.63, 3.8) is 0 Å². The summed E-state index contributed by atoms with van der Waals surface area (Å²) in [5, 5.41) is 2.59. The van der Waals surface area contributed by atoms with Gasteiger partial charge in [0.2, 0.25) is 0 Å². The van der Waals surface area contributed by atoms with Gasteiger partial charge in [0.05, 0.1) is 6.54 Å². The van der Waals surface area contributed by atoms with Crippen LogP contribution in [0.15, 0.2) is 12.7 Å². The van der Waals surface area contributed by atoms with Crippen molar-refractivity contribution in [2.75, 3.05) is 26.3 Å². The summed E-state index contributed by atoms with van der Waals surface area (Å²) in [6.07, 6.45) is 3.31. The van der Waals surface area contributed by atoms with Crippen LogP contribution >= 0.6 is 0 Å². The van der Waals surface area contributed by atoms with E-state index in [1.165, 1.54) is 0 Å². The molecule has 0 saturated carbocycles. The molecule has 0 spiro atoms. The van der Waals surface area contributed by atoms with E-state index in [0.29, 0.717) is 13.2 Å². The minimum absolute atomic E-state index is 0.315. The zero-order valence-electron chi connectivity index (χ0n) is 8.69. The number of allylic oxidation sites excluding steroid dienone is 1. The summed E-state index contributed by atoms with van der Waals surface area (Å²) in [4.78, 5) is 0. The molecule has 0 aromatic carbocycles. The number of ether oxygens (including phenoxy) is 1. The molecule has 0 bridgehead atoms. The maximum absolute atomic E-state index is 12.9. The first-order chi connectivity index (χ1) is 6.62. The van der Waals surface area contributed by atoms with Crippen molar-refractivity contribution in [1.29, 1.82) is 0 Å². The van der Waals surface area contributed by atoms with Gasteiger partial charge in [-0.1, -0.05) is 13.0 Å². The second-order valence-corrected chi connectivity index (χ2v) is 3.12. The fourth-order valence-corrected chi connectivity index (χ4v) is 0.910. The second-order valence-electron chi connectivity index (χ2n) is 3.12. The molecule has 0 aliphatic rings. The van der Waals surface area contributed by atoms with Gasteiger partial charge in [0, 0.05) is 6.61 Å². The monoisotopic (exact) mass is 207 g/mol. The molecule has 1 N–H and O–H groups in total. The van der Waals surface area contributed by atoms with Crippen LogP contribution in [0.2, 0.25) is 0 Å². The lowest BCUT2D eigenvalue weighted by atomic mass is 10.3. The van der Waals surface area contributed by atoms with Crippen molar-refractivity contribution >= 4 is 0 Å². The standard InChI is InChI=1S/C10H19F2NO/c1-3-5-6-7-14-9-10(11,12)8-13-4-2/h3,13H,1,4-9H2,2H3. The van der Waals surface area contributed by atoms with Crippen molar-refractivity contribution in [2.24, 2.45) is 0 Å². The maximum Gasteiger partial charge on any atom is 0.283 e. The summed E-state index contributed by atoms with van der Waals surface area (Å²) in [6.45, 7) is 5.43. The molecule has 84 valence electrons. The van der Waals surface area contributed by atoms with E-state index < -0.39 is 12.5 Å². The zero-order valence-corrected chi connectivity index (χ0v) is 8.69. The van der Waals surface area contributed by atoms with E-state index in [1.807, 2.05) is 0 Å². The van der Waals surface area contributed by atoms with Gasteiger partial charge in [0.1, 0.15) is 6.61 Å². The average Bonchev–Trinajstić information content (AvgIpc) is 2.15. The molecule has 2 nitrogen and oxygen atoms in total. The third kappa shape index (κ3) is 8.13. The lowest BCUT2D eigenvalue weighted by Crippen LogP contribution is -2.36. The van der Waals surface area contributed by atoms with Gasteiger partial charge < -0.3 is 10.1 Å². The Bertz CT molecular complexity index is 151. The van der Waals surface area contributed by atoms with Gasteiger partial charge in [-0.05, 0) is 19.4 Å². The summed E-state index contributed by atoms with van der Waals surface area (Å²) in [6, 6.07) is 0. The summed E-state index contributed by atoms with van der Waals surface area (Å²) in [7, 11) is 0. The highest BCUT2D eigenvalue weighted by Gasteiger charge is 2.28. The van der Waals surface area contributed by atoms with Gasteiger partial charge in [-0.15, -0.1) is 6.58 Å². The number of unbranched alkanes of at least 4 members (excludes halogenated alkanes) is 1. The van der Waals surface area contributed by atoms with Crippen LogP contribution in [-0.2, 0) is 4.74 Å². The van der Waals surface area contributed by atoms with Crippen LogP contribution in [-0.4, -0.2) is 32.2 Å². The Balaban J connectivity index is 3.39. The molecule has 0 rings (SSSR count). The largest absolute Gasteiger partial charge is 0.375 e. The van der Waals surface area contributed by atoms with Gasteiger partial charge in [0.15, 0.2) is 0 Å². The minimum Gasteiger partial charge on any atom is -0.375 e. The van der Waals surface area contributed by atoms with Crippen LogP contribution in [0.1, 0.15) is 19.8 Å². The van der Waals surface area contributed by atoms with Crippen LogP contribution in [0.25, 0.3) is 0 Å². The predicted molar refractivity (Wildman–Crippen MR) is 53.7 cm³/mol. The van der Waals surface area contributed by atoms with Crippen molar-refractivity contribution < 1.29 is 13.5 Å². The van der Waals surface area contributed by atoms with E-state index in [0.717, 1.165) is 12.8 Å². The Labute approximate surface area is 84.3 Å². The molecule has 0 aliphatic carbocycles. The van der Waals surface area contributed by atoms with Gasteiger partial charge in [-0.2, -0.15) is 0 Å². The van der Waals surface area contributed by atoms with Crippen LogP contribution in [0.3, 0.4) is 0 Å². The highest BCUT2D eigenvalue weighted by Crippen LogP contribution is 2.12. The molecule has 14 heavy (non-hydrogen) atoms. The molecule has 0 unspecified atom stereocenters. The zero-order chi connectivity index (χ0) is 10.9. The van der Waals surface area contributed by atoms with Crippen molar-refractivity contribution in [3.05, 3.63) is 12.7 Å². The third-order valence-electron chi connectivity index (χ3n) is 1.64. The fourth-order valence-electron chi connectivity index (χ4n) is 0.910. The van der Waals surface area contributed by atoms with E-state index >= 15 is 0 Å². The van der Waals surface area contributed by atoms with Crippen LogP contribution in [0, 0.1) is 0 Å². The number of nitrogens with one attached hydrogen (secondary N) is 1. The number of rotatable bonds is 9. The molecule has 0 radical (unpaired) electrons. The van der Waals surface area contributed by atoms with E-state index in [9.17, 15) is 8.78 Å². The Morgan fingerprint density at radius 2 is 2.21 bits per heavy atom. The quantitative estimate of drug-likeness (QED) is 0.462. The molecule has 0 aromatic rings. The molecular formula is C10H19F2NO. The van der Waals surface area contributed by atoms with Crippen LogP contribution in [0.4, 0.5) is 8.78 Å². The number of alkyl halides is 2. The molecule has 0 saturated heterocycles. The molecule has 0 aliphatic heterocycles. The van der Waals surface area contributed by atoms with Crippen LogP contribution in [0.5, 0.6) is 0 Å². The first-order valence-corrected chi connectivity index (χ1v) is 4.89. The van der Waals surface area contributed by atoms with Gasteiger partial charge in [0.25, 0.3) is 5.92 Å². The number of hydrogen-bond acceptors (Lipinski definition) is 2. The Kier molecular flexibility index (Phi) is 7.61. The van der Waals surface area contributed by atoms with Gasteiger partial charge in [-0.3, -0.25) is 0 Å². The Morgan fingerprint density at radius 3 is 2.79 bits per heavy atom. The molecule has 0 aromatic heterocycles. The average molecular weight is 207 g/mol. The first kappa shape index (κ1) is 13.5. The maximum atomic E-state index is 12.9. The molecular weight excluding hydrogens is 188 g/mol. The Morgan fingerprint density at radius 1 is 1.50 bits per heavy atom. The van der Waals surface area contributed by atoms with E-state index in [4.69, 9.17) is 4.74 Å². The molecule has 0 heterocycles. The lowest BCUT2D eigenvalue weighted by molar-refractivity contribution is -0.0745. The molecule has 4 heteroatoms. The van der Waals surface area contributed by atoms with Crippen molar-refractivity contribution in [3.8, 4) is 0 Å². The summed E-state index contributed by atoms with van der Waals surface area (Å²) >= 11 is 0. The minimum atomic E-state index is -2.76. The van der Waals surface area contributed by atoms with E-state index in [1.54, 1.807) is 13.0 Å². The summed E-state index contributed by atoms with van der Waals surface area (Å²) in [5.74, 6) is -2.76. The normalized spacial score (nSPS) is 11.6. The second kappa shape index (κ2) is 7.88. The lowest BCUT2D eigenvalue weighted by Gasteiger charge is -2.16. The van der Waals surface area contributed by atoms with Crippen LogP contribution < -0.4 is 5.32 Å². The fraction of sp³-hybridized carbons (Fsp3) is 0.800. The van der Waals surface area contributed by atoms with E-state index in [2.05, 4.69) is 11.9 Å². The highest BCUT2D eigenvalue weighted by atomic mass is 19.3. The van der Waals surface area contributed by atoms with Gasteiger partial charge in [-0.25, -0.2) is 8.78 Å². The Hall–Kier alpha value is -0.480. The van der Waals surface area contributed by atoms with Gasteiger partial charge >= 0.3 is 0 Å². The SMILES string of the molecule is C=CCCCOCC(F)(F)CNCC. The predicted octanol–water partition coefficient (Wildman–Crippen LogP) is 2.21. The number of halogens is 2. The summed E-state index contributed by atoms with van der Waals surface area (Å²) in [5.41, 5.74) is 0. The smallest absolute Gasteiger partial charge is 0.283 e. The van der Waals surface area contributed by atoms with Crippen molar-refractivity contribution in [2.45, 2.75) is 25.7 Å². The number of hydrogen-bond donors (Lipinski definition) is 1. The van der Waals surface area contributed by atoms with Crippen molar-refractivity contribution in [1.82, 2.24) is 5.32 Å². The highest BCUT2D eigenvalue weighted by molar-refractivity contribution is 4.69. The molecule has 0 amide bonds. The first-order valence-electron chi connectivity index (χ1n) is 4.89. The molecule has 0 fully saturated rings. The summed E-state index contributed by atoms with van der Waals surface area (Å²) < 4.78 is 30.7.